The highest BCUT2D eigenvalue weighted by Gasteiger charge is 2.16. The van der Waals surface area contributed by atoms with Crippen molar-refractivity contribution < 1.29 is 9.63 Å². The third-order valence-corrected chi connectivity index (χ3v) is 2.57. The second-order valence-corrected chi connectivity index (χ2v) is 3.93. The van der Waals surface area contributed by atoms with E-state index >= 15 is 0 Å². The second kappa shape index (κ2) is 4.69. The van der Waals surface area contributed by atoms with Gasteiger partial charge in [0.05, 0.1) is 12.6 Å². The fourth-order valence-corrected chi connectivity index (χ4v) is 1.53. The lowest BCUT2D eigenvalue weighted by atomic mass is 10.3. The fourth-order valence-electron chi connectivity index (χ4n) is 1.11. The van der Waals surface area contributed by atoms with Crippen LogP contribution in [0.2, 0.25) is 0 Å². The molecule has 84 valence electrons. The summed E-state index contributed by atoms with van der Waals surface area (Å²) in [5.41, 5.74) is 6.10. The van der Waals surface area contributed by atoms with Gasteiger partial charge in [0.2, 0.25) is 0 Å². The van der Waals surface area contributed by atoms with Gasteiger partial charge in [0.15, 0.2) is 5.82 Å². The Morgan fingerprint density at radius 2 is 2.38 bits per heavy atom. The van der Waals surface area contributed by atoms with Crippen LogP contribution in [0.4, 0.5) is 0 Å². The van der Waals surface area contributed by atoms with Crippen molar-refractivity contribution >= 4 is 15.9 Å². The zero-order valence-electron chi connectivity index (χ0n) is 8.17. The maximum absolute atomic E-state index is 8.85. The van der Waals surface area contributed by atoms with Gasteiger partial charge in [-0.3, -0.25) is 0 Å². The average Bonchev–Trinajstić information content (AvgIpc) is 2.78. The van der Waals surface area contributed by atoms with E-state index in [1.807, 2.05) is 6.07 Å². The highest BCUT2D eigenvalue weighted by Crippen LogP contribution is 2.24. The number of aliphatic hydroxyl groups is 1. The van der Waals surface area contributed by atoms with Gasteiger partial charge in [0.1, 0.15) is 5.69 Å². The van der Waals surface area contributed by atoms with Crippen LogP contribution in [0, 0.1) is 0 Å². The molecule has 0 amide bonds. The van der Waals surface area contributed by atoms with E-state index in [9.17, 15) is 0 Å². The zero-order chi connectivity index (χ0) is 11.5. The largest absolute Gasteiger partial charge is 0.394 e. The minimum Gasteiger partial charge on any atom is -0.394 e. The van der Waals surface area contributed by atoms with Crippen LogP contribution in [0.1, 0.15) is 11.9 Å². The van der Waals surface area contributed by atoms with E-state index in [0.717, 1.165) is 4.47 Å². The van der Waals surface area contributed by atoms with Crippen molar-refractivity contribution in [3.8, 4) is 11.6 Å². The van der Waals surface area contributed by atoms with Gasteiger partial charge in [0, 0.05) is 10.7 Å². The molecule has 0 radical (unpaired) electrons. The van der Waals surface area contributed by atoms with Crippen molar-refractivity contribution in [3.05, 3.63) is 28.6 Å². The third kappa shape index (κ3) is 2.11. The van der Waals surface area contributed by atoms with Crippen LogP contribution in [0.25, 0.3) is 11.6 Å². The molecule has 7 heteroatoms. The van der Waals surface area contributed by atoms with Crippen molar-refractivity contribution in [2.45, 2.75) is 6.04 Å². The summed E-state index contributed by atoms with van der Waals surface area (Å²) >= 11 is 3.33. The van der Waals surface area contributed by atoms with Gasteiger partial charge in [-0.25, -0.2) is 4.98 Å². The van der Waals surface area contributed by atoms with E-state index in [0.29, 0.717) is 5.69 Å². The number of rotatable bonds is 3. The van der Waals surface area contributed by atoms with Gasteiger partial charge in [-0.15, -0.1) is 0 Å². The molecule has 2 aromatic heterocycles. The molecule has 0 aromatic carbocycles. The fraction of sp³-hybridized carbons (Fsp3) is 0.222. The molecule has 0 bridgehead atoms. The molecule has 0 fully saturated rings. The van der Waals surface area contributed by atoms with Crippen molar-refractivity contribution in [1.82, 2.24) is 15.1 Å². The molecular formula is C9H9BrN4O2. The first kappa shape index (κ1) is 11.2. The molecule has 0 spiro atoms. The average molecular weight is 285 g/mol. The molecule has 0 aliphatic rings. The molecule has 3 N–H and O–H groups in total. The smallest absolute Gasteiger partial charge is 0.277 e. The van der Waals surface area contributed by atoms with Gasteiger partial charge >= 0.3 is 0 Å². The Labute approximate surface area is 99.6 Å². The number of aromatic nitrogens is 3. The molecule has 0 saturated heterocycles. The van der Waals surface area contributed by atoms with Crippen LogP contribution in [-0.2, 0) is 0 Å². The monoisotopic (exact) mass is 284 g/mol. The first-order chi connectivity index (χ1) is 7.72. The maximum Gasteiger partial charge on any atom is 0.277 e. The Bertz CT molecular complexity index is 488. The van der Waals surface area contributed by atoms with Gasteiger partial charge < -0.3 is 15.4 Å². The van der Waals surface area contributed by atoms with Crippen LogP contribution in [-0.4, -0.2) is 26.8 Å². The van der Waals surface area contributed by atoms with E-state index in [-0.39, 0.29) is 18.3 Å². The van der Waals surface area contributed by atoms with E-state index < -0.39 is 6.04 Å². The highest BCUT2D eigenvalue weighted by atomic mass is 79.9. The normalized spacial score (nSPS) is 12.7. The molecule has 2 rings (SSSR count). The number of nitrogens with two attached hydrogens (primary N) is 1. The quantitative estimate of drug-likeness (QED) is 0.869. The Morgan fingerprint density at radius 1 is 1.56 bits per heavy atom. The van der Waals surface area contributed by atoms with E-state index in [1.54, 1.807) is 12.3 Å². The first-order valence-electron chi connectivity index (χ1n) is 4.53. The number of halogens is 1. The summed E-state index contributed by atoms with van der Waals surface area (Å²) in [6, 6.07) is 2.96. The lowest BCUT2D eigenvalue weighted by Crippen LogP contribution is -2.15. The molecule has 6 nitrogen and oxygen atoms in total. The van der Waals surface area contributed by atoms with Crippen LogP contribution >= 0.6 is 15.9 Å². The summed E-state index contributed by atoms with van der Waals surface area (Å²) in [6.07, 6.45) is 1.62. The number of aliphatic hydroxyl groups excluding tert-OH is 1. The topological polar surface area (TPSA) is 98.1 Å². The number of pyridine rings is 1. The summed E-state index contributed by atoms with van der Waals surface area (Å²) in [5.74, 6) is 0.529. The lowest BCUT2D eigenvalue weighted by Gasteiger charge is -1.99. The van der Waals surface area contributed by atoms with Gasteiger partial charge in [-0.05, 0) is 28.1 Å². The summed E-state index contributed by atoms with van der Waals surface area (Å²) < 4.78 is 5.76. The molecule has 2 aromatic rings. The highest BCUT2D eigenvalue weighted by molar-refractivity contribution is 9.10. The summed E-state index contributed by atoms with van der Waals surface area (Å²) in [6.45, 7) is -0.234. The maximum atomic E-state index is 8.85. The Kier molecular flexibility index (Phi) is 3.28. The molecule has 0 aliphatic carbocycles. The molecule has 16 heavy (non-hydrogen) atoms. The molecule has 0 aliphatic heterocycles. The molecular weight excluding hydrogens is 276 g/mol. The van der Waals surface area contributed by atoms with Crippen LogP contribution < -0.4 is 5.73 Å². The Balaban J connectivity index is 2.35. The first-order valence-corrected chi connectivity index (χ1v) is 5.32. The Hall–Kier alpha value is -1.31. The molecule has 1 unspecified atom stereocenters. The van der Waals surface area contributed by atoms with Crippen LogP contribution in [0.3, 0.4) is 0 Å². The standard InChI is InChI=1S/C9H9BrN4O2/c10-5-2-1-3-12-7(5)9-13-8(14-16-9)6(11)4-15/h1-3,6,15H,4,11H2. The van der Waals surface area contributed by atoms with Crippen LogP contribution in [0.5, 0.6) is 0 Å². The second-order valence-electron chi connectivity index (χ2n) is 3.08. The number of hydrogen-bond acceptors (Lipinski definition) is 6. The molecule has 1 atom stereocenters. The van der Waals surface area contributed by atoms with E-state index in [4.69, 9.17) is 15.4 Å². The zero-order valence-corrected chi connectivity index (χ0v) is 9.75. The van der Waals surface area contributed by atoms with E-state index in [1.165, 1.54) is 0 Å². The number of hydrogen-bond donors (Lipinski definition) is 2. The number of nitrogens with zero attached hydrogens (tertiary/aromatic N) is 3. The van der Waals surface area contributed by atoms with Gasteiger partial charge in [-0.1, -0.05) is 5.16 Å². The Morgan fingerprint density at radius 3 is 3.06 bits per heavy atom. The van der Waals surface area contributed by atoms with Crippen molar-refractivity contribution in [1.29, 1.82) is 0 Å². The summed E-state index contributed by atoms with van der Waals surface area (Å²) in [7, 11) is 0. The van der Waals surface area contributed by atoms with Crippen LogP contribution in [0.15, 0.2) is 27.3 Å². The lowest BCUT2D eigenvalue weighted by molar-refractivity contribution is 0.260. The SMILES string of the molecule is NC(CO)c1noc(-c2ncccc2Br)n1. The van der Waals surface area contributed by atoms with Crippen molar-refractivity contribution in [2.75, 3.05) is 6.61 Å². The summed E-state index contributed by atoms with van der Waals surface area (Å²) in [4.78, 5) is 8.16. The predicted molar refractivity (Wildman–Crippen MR) is 59.2 cm³/mol. The summed E-state index contributed by atoms with van der Waals surface area (Å²) in [5, 5.41) is 12.5. The van der Waals surface area contributed by atoms with Gasteiger partial charge in [0.25, 0.3) is 5.89 Å². The molecule has 0 saturated carbocycles. The predicted octanol–water partition coefficient (Wildman–Crippen LogP) is 0.886. The third-order valence-electron chi connectivity index (χ3n) is 1.93. The molecule has 2 heterocycles. The van der Waals surface area contributed by atoms with Crippen molar-refractivity contribution in [3.63, 3.8) is 0 Å². The van der Waals surface area contributed by atoms with E-state index in [2.05, 4.69) is 31.1 Å². The van der Waals surface area contributed by atoms with Crippen molar-refractivity contribution in [2.24, 2.45) is 5.73 Å². The minimum absolute atomic E-state index is 0.234. The van der Waals surface area contributed by atoms with Gasteiger partial charge in [-0.2, -0.15) is 4.98 Å². The minimum atomic E-state index is -0.639.